The molecule has 1 heterocycles. The van der Waals surface area contributed by atoms with Crippen LogP contribution in [0.2, 0.25) is 0 Å². The molecule has 1 saturated carbocycles. The van der Waals surface area contributed by atoms with Gasteiger partial charge in [0.05, 0.1) is 0 Å². The van der Waals surface area contributed by atoms with Crippen LogP contribution >= 0.6 is 0 Å². The van der Waals surface area contributed by atoms with E-state index in [1.165, 1.54) is 0 Å². The summed E-state index contributed by atoms with van der Waals surface area (Å²) in [5, 5.41) is 13.1. The van der Waals surface area contributed by atoms with E-state index < -0.39 is 11.0 Å². The van der Waals surface area contributed by atoms with Gasteiger partial charge < -0.3 is 9.84 Å². The molecule has 0 bridgehead atoms. The van der Waals surface area contributed by atoms with Crippen LogP contribution in [0.4, 0.5) is 0 Å². The zero-order valence-electron chi connectivity index (χ0n) is 12.7. The second kappa shape index (κ2) is 4.90. The molecule has 1 N–H and O–H groups in total. The van der Waals surface area contributed by atoms with Crippen LogP contribution in [0.15, 0.2) is 42.5 Å². The number of fused-ring (bicyclic) bond motifs is 2. The molecule has 2 aliphatic rings. The van der Waals surface area contributed by atoms with Crippen molar-refractivity contribution in [2.24, 2.45) is 5.41 Å². The lowest BCUT2D eigenvalue weighted by molar-refractivity contribution is -0.154. The number of rotatable bonds is 2. The molecule has 0 amide bonds. The van der Waals surface area contributed by atoms with Crippen LogP contribution in [0.3, 0.4) is 0 Å². The number of carbonyl (C=O) groups excluding carboxylic acids is 2. The third kappa shape index (κ3) is 2.01. The normalized spacial score (nSPS) is 30.3. The molecule has 4 rings (SSSR count). The van der Waals surface area contributed by atoms with Crippen LogP contribution < -0.4 is 0 Å². The number of cyclic esters (lactones) is 1. The van der Waals surface area contributed by atoms with E-state index in [0.717, 1.165) is 16.3 Å². The second-order valence-corrected chi connectivity index (χ2v) is 6.72. The van der Waals surface area contributed by atoms with Crippen LogP contribution in [-0.2, 0) is 20.7 Å². The zero-order chi connectivity index (χ0) is 16.1. The molecule has 1 aliphatic carbocycles. The lowest BCUT2D eigenvalue weighted by Gasteiger charge is -2.41. The summed E-state index contributed by atoms with van der Waals surface area (Å²) in [6, 6.07) is 14.0. The summed E-state index contributed by atoms with van der Waals surface area (Å²) >= 11 is 0. The number of hydrogen-bond acceptors (Lipinski definition) is 4. The standard InChI is InChI=1S/C19H18O4/c20-15-8-9-18(17(21)23-12-19(18,22)11-15)10-14-6-3-5-13-4-1-2-7-16(13)14/h1-7,22H,8-12H2. The quantitative estimate of drug-likeness (QED) is 0.865. The van der Waals surface area contributed by atoms with Crippen molar-refractivity contribution in [1.29, 1.82) is 0 Å². The second-order valence-electron chi connectivity index (χ2n) is 6.72. The van der Waals surface area contributed by atoms with E-state index in [9.17, 15) is 14.7 Å². The van der Waals surface area contributed by atoms with Gasteiger partial charge in [0.1, 0.15) is 23.4 Å². The van der Waals surface area contributed by atoms with Gasteiger partial charge in [0.25, 0.3) is 0 Å². The largest absolute Gasteiger partial charge is 0.462 e. The molecular formula is C19H18O4. The fourth-order valence-corrected chi connectivity index (χ4v) is 4.07. The minimum Gasteiger partial charge on any atom is -0.462 e. The molecule has 4 nitrogen and oxygen atoms in total. The molecule has 2 atom stereocenters. The number of ether oxygens (including phenoxy) is 1. The molecule has 2 aromatic rings. The summed E-state index contributed by atoms with van der Waals surface area (Å²) in [5.41, 5.74) is -1.38. The van der Waals surface area contributed by atoms with Gasteiger partial charge in [-0.2, -0.15) is 0 Å². The first kappa shape index (κ1) is 14.4. The van der Waals surface area contributed by atoms with Gasteiger partial charge in [-0.1, -0.05) is 42.5 Å². The molecule has 4 heteroatoms. The summed E-state index contributed by atoms with van der Waals surface area (Å²) < 4.78 is 5.20. The van der Waals surface area contributed by atoms with Crippen molar-refractivity contribution in [2.45, 2.75) is 31.3 Å². The molecule has 118 valence electrons. The highest BCUT2D eigenvalue weighted by Crippen LogP contribution is 2.51. The van der Waals surface area contributed by atoms with Crippen LogP contribution in [0.25, 0.3) is 10.8 Å². The van der Waals surface area contributed by atoms with Crippen molar-refractivity contribution in [3.8, 4) is 0 Å². The first-order valence-electron chi connectivity index (χ1n) is 7.92. The molecule has 0 aromatic heterocycles. The predicted molar refractivity (Wildman–Crippen MR) is 84.9 cm³/mol. The van der Waals surface area contributed by atoms with Crippen molar-refractivity contribution in [2.75, 3.05) is 6.61 Å². The molecule has 0 radical (unpaired) electrons. The summed E-state index contributed by atoms with van der Waals surface area (Å²) in [4.78, 5) is 24.3. The Kier molecular flexibility index (Phi) is 3.07. The summed E-state index contributed by atoms with van der Waals surface area (Å²) in [6.45, 7) is -0.0810. The highest BCUT2D eigenvalue weighted by atomic mass is 16.6. The highest BCUT2D eigenvalue weighted by Gasteiger charge is 2.64. The molecule has 23 heavy (non-hydrogen) atoms. The smallest absolute Gasteiger partial charge is 0.315 e. The average molecular weight is 310 g/mol. The van der Waals surface area contributed by atoms with E-state index in [4.69, 9.17) is 4.74 Å². The Labute approximate surface area is 134 Å². The fraction of sp³-hybridized carbons (Fsp3) is 0.368. The van der Waals surface area contributed by atoms with Crippen LogP contribution in [-0.4, -0.2) is 29.1 Å². The van der Waals surface area contributed by atoms with Crippen molar-refractivity contribution in [1.82, 2.24) is 0 Å². The maximum Gasteiger partial charge on any atom is 0.315 e. The van der Waals surface area contributed by atoms with E-state index in [1.807, 2.05) is 42.5 Å². The maximum absolute atomic E-state index is 12.5. The topological polar surface area (TPSA) is 63.6 Å². The number of Topliss-reactive ketones (excluding diaryl/α,β-unsaturated/α-hetero) is 1. The Balaban J connectivity index is 1.82. The Morgan fingerprint density at radius 2 is 1.87 bits per heavy atom. The van der Waals surface area contributed by atoms with Gasteiger partial charge in [-0.15, -0.1) is 0 Å². The summed E-state index contributed by atoms with van der Waals surface area (Å²) in [7, 11) is 0. The predicted octanol–water partition coefficient (Wildman–Crippen LogP) is 2.41. The number of esters is 1. The Morgan fingerprint density at radius 3 is 2.74 bits per heavy atom. The van der Waals surface area contributed by atoms with E-state index in [-0.39, 0.29) is 24.8 Å². The number of aliphatic hydroxyl groups is 1. The third-order valence-corrected chi connectivity index (χ3v) is 5.42. The molecule has 2 aromatic carbocycles. The minimum atomic E-state index is -1.38. The maximum atomic E-state index is 12.5. The molecule has 2 unspecified atom stereocenters. The Bertz CT molecular complexity index is 807. The van der Waals surface area contributed by atoms with Crippen molar-refractivity contribution in [3.05, 3.63) is 48.0 Å². The highest BCUT2D eigenvalue weighted by molar-refractivity contribution is 5.91. The van der Waals surface area contributed by atoms with Gasteiger partial charge in [-0.25, -0.2) is 0 Å². The van der Waals surface area contributed by atoms with Gasteiger partial charge in [0.15, 0.2) is 0 Å². The van der Waals surface area contributed by atoms with E-state index in [1.54, 1.807) is 0 Å². The lowest BCUT2D eigenvalue weighted by atomic mass is 9.61. The van der Waals surface area contributed by atoms with Crippen molar-refractivity contribution in [3.63, 3.8) is 0 Å². The Hall–Kier alpha value is -2.20. The minimum absolute atomic E-state index is 0.000607. The third-order valence-electron chi connectivity index (χ3n) is 5.42. The van der Waals surface area contributed by atoms with E-state index in [0.29, 0.717) is 19.3 Å². The summed E-state index contributed by atoms with van der Waals surface area (Å²) in [5.74, 6) is -0.375. The van der Waals surface area contributed by atoms with Gasteiger partial charge in [-0.05, 0) is 29.2 Å². The molecule has 1 saturated heterocycles. The lowest BCUT2D eigenvalue weighted by Crippen LogP contribution is -2.54. The summed E-state index contributed by atoms with van der Waals surface area (Å²) in [6.07, 6.45) is 1.08. The van der Waals surface area contributed by atoms with Crippen molar-refractivity contribution < 1.29 is 19.4 Å². The number of carbonyl (C=O) groups is 2. The van der Waals surface area contributed by atoms with Crippen molar-refractivity contribution >= 4 is 22.5 Å². The van der Waals surface area contributed by atoms with Crippen LogP contribution in [0.1, 0.15) is 24.8 Å². The van der Waals surface area contributed by atoms with Gasteiger partial charge in [-0.3, -0.25) is 9.59 Å². The average Bonchev–Trinajstić information content (AvgIpc) is 2.80. The monoisotopic (exact) mass is 310 g/mol. The van der Waals surface area contributed by atoms with E-state index >= 15 is 0 Å². The number of ketones is 1. The number of benzene rings is 2. The first-order valence-corrected chi connectivity index (χ1v) is 7.92. The zero-order valence-corrected chi connectivity index (χ0v) is 12.7. The van der Waals surface area contributed by atoms with Crippen LogP contribution in [0.5, 0.6) is 0 Å². The molecule has 0 spiro atoms. The first-order chi connectivity index (χ1) is 11.0. The molecule has 2 fully saturated rings. The van der Waals surface area contributed by atoms with Gasteiger partial charge >= 0.3 is 5.97 Å². The Morgan fingerprint density at radius 1 is 1.09 bits per heavy atom. The molecular weight excluding hydrogens is 292 g/mol. The SMILES string of the molecule is O=C1CCC2(Cc3cccc4ccccc34)C(=O)OCC2(O)C1. The van der Waals surface area contributed by atoms with E-state index in [2.05, 4.69) is 0 Å². The van der Waals surface area contributed by atoms with Gasteiger partial charge in [0.2, 0.25) is 0 Å². The van der Waals surface area contributed by atoms with Gasteiger partial charge in [0, 0.05) is 12.8 Å². The molecule has 1 aliphatic heterocycles. The van der Waals surface area contributed by atoms with Crippen LogP contribution in [0, 0.1) is 5.41 Å². The number of hydrogen-bond donors (Lipinski definition) is 1. The fourth-order valence-electron chi connectivity index (χ4n) is 4.07.